The SMILES string of the molecule is CCOc1ccc(-c2cc(C(=O)Nc3n[nH]c(-c4cccs4)c3C)[nH]n2)cc1. The maximum Gasteiger partial charge on any atom is 0.274 e. The molecule has 0 atom stereocenters. The summed E-state index contributed by atoms with van der Waals surface area (Å²) in [5, 5.41) is 19.1. The first-order chi connectivity index (χ1) is 13.7. The second kappa shape index (κ2) is 7.69. The molecule has 1 aromatic carbocycles. The maximum atomic E-state index is 12.6. The summed E-state index contributed by atoms with van der Waals surface area (Å²) in [6.45, 7) is 4.48. The second-order valence-electron chi connectivity index (χ2n) is 6.13. The minimum Gasteiger partial charge on any atom is -0.494 e. The van der Waals surface area contributed by atoms with Gasteiger partial charge in [0.1, 0.15) is 11.4 Å². The molecular weight excluding hydrogens is 374 g/mol. The van der Waals surface area contributed by atoms with Crippen molar-refractivity contribution < 1.29 is 9.53 Å². The van der Waals surface area contributed by atoms with Crippen LogP contribution in [0.5, 0.6) is 5.75 Å². The third-order valence-corrected chi connectivity index (χ3v) is 5.18. The lowest BCUT2D eigenvalue weighted by molar-refractivity contribution is 0.102. The number of ether oxygens (including phenoxy) is 1. The molecule has 1 amide bonds. The van der Waals surface area contributed by atoms with Crippen LogP contribution in [-0.2, 0) is 0 Å². The summed E-state index contributed by atoms with van der Waals surface area (Å²) < 4.78 is 5.44. The molecule has 0 aliphatic rings. The molecule has 3 N–H and O–H groups in total. The minimum absolute atomic E-state index is 0.294. The topological polar surface area (TPSA) is 95.7 Å². The number of aromatic nitrogens is 4. The van der Waals surface area contributed by atoms with Gasteiger partial charge in [0.05, 0.1) is 22.9 Å². The zero-order valence-electron chi connectivity index (χ0n) is 15.4. The number of hydrogen-bond acceptors (Lipinski definition) is 5. The Morgan fingerprint density at radius 3 is 2.71 bits per heavy atom. The molecule has 4 aromatic rings. The Hall–Kier alpha value is -3.39. The van der Waals surface area contributed by atoms with E-state index in [2.05, 4.69) is 25.7 Å². The first kappa shape index (κ1) is 18.0. The van der Waals surface area contributed by atoms with Crippen molar-refractivity contribution in [2.24, 2.45) is 0 Å². The van der Waals surface area contributed by atoms with Crippen LogP contribution in [0.3, 0.4) is 0 Å². The van der Waals surface area contributed by atoms with Crippen molar-refractivity contribution in [1.29, 1.82) is 0 Å². The van der Waals surface area contributed by atoms with Gasteiger partial charge in [-0.05, 0) is 55.6 Å². The minimum atomic E-state index is -0.294. The van der Waals surface area contributed by atoms with Crippen molar-refractivity contribution in [2.45, 2.75) is 13.8 Å². The molecule has 0 bridgehead atoms. The Labute approximate surface area is 165 Å². The van der Waals surface area contributed by atoms with Crippen molar-refractivity contribution in [1.82, 2.24) is 20.4 Å². The Morgan fingerprint density at radius 1 is 1.18 bits per heavy atom. The number of benzene rings is 1. The normalized spacial score (nSPS) is 10.8. The van der Waals surface area contributed by atoms with Gasteiger partial charge in [0, 0.05) is 11.1 Å². The van der Waals surface area contributed by atoms with Crippen molar-refractivity contribution >= 4 is 23.1 Å². The predicted molar refractivity (Wildman–Crippen MR) is 110 cm³/mol. The van der Waals surface area contributed by atoms with E-state index in [9.17, 15) is 4.79 Å². The highest BCUT2D eigenvalue weighted by Gasteiger charge is 2.16. The van der Waals surface area contributed by atoms with Crippen LogP contribution in [-0.4, -0.2) is 32.9 Å². The van der Waals surface area contributed by atoms with Gasteiger partial charge in [-0.25, -0.2) is 0 Å². The fourth-order valence-electron chi connectivity index (χ4n) is 2.83. The Balaban J connectivity index is 1.49. The Bertz CT molecular complexity index is 1080. The number of amides is 1. The number of anilines is 1. The van der Waals surface area contributed by atoms with Gasteiger partial charge in [0.2, 0.25) is 0 Å². The highest BCUT2D eigenvalue weighted by Crippen LogP contribution is 2.29. The third-order valence-electron chi connectivity index (χ3n) is 4.29. The molecule has 0 fully saturated rings. The molecule has 0 spiro atoms. The lowest BCUT2D eigenvalue weighted by atomic mass is 10.1. The quantitative estimate of drug-likeness (QED) is 0.450. The van der Waals surface area contributed by atoms with Gasteiger partial charge in [0.15, 0.2) is 5.82 Å². The van der Waals surface area contributed by atoms with E-state index in [0.29, 0.717) is 23.8 Å². The average molecular weight is 393 g/mol. The summed E-state index contributed by atoms with van der Waals surface area (Å²) in [4.78, 5) is 13.7. The molecule has 0 aliphatic heterocycles. The van der Waals surface area contributed by atoms with Crippen molar-refractivity contribution in [3.05, 3.63) is 59.1 Å². The van der Waals surface area contributed by atoms with Crippen LogP contribution in [0.2, 0.25) is 0 Å². The highest BCUT2D eigenvalue weighted by molar-refractivity contribution is 7.13. The van der Waals surface area contributed by atoms with Gasteiger partial charge in [-0.2, -0.15) is 10.2 Å². The molecule has 0 aliphatic carbocycles. The van der Waals surface area contributed by atoms with Gasteiger partial charge < -0.3 is 10.1 Å². The van der Waals surface area contributed by atoms with Gasteiger partial charge >= 0.3 is 0 Å². The molecule has 0 saturated heterocycles. The molecule has 3 aromatic heterocycles. The zero-order chi connectivity index (χ0) is 19.5. The van der Waals surface area contributed by atoms with Crippen LogP contribution in [0.25, 0.3) is 21.8 Å². The van der Waals surface area contributed by atoms with Crippen LogP contribution in [0.4, 0.5) is 5.82 Å². The number of hydrogen-bond donors (Lipinski definition) is 3. The van der Waals surface area contributed by atoms with Gasteiger partial charge in [0.25, 0.3) is 5.91 Å². The number of thiophene rings is 1. The molecule has 3 heterocycles. The average Bonchev–Trinajstić information content (AvgIpc) is 3.45. The molecule has 142 valence electrons. The first-order valence-electron chi connectivity index (χ1n) is 8.84. The second-order valence-corrected chi connectivity index (χ2v) is 7.08. The molecular formula is C20H19N5O2S. The monoisotopic (exact) mass is 393 g/mol. The number of rotatable bonds is 6. The van der Waals surface area contributed by atoms with E-state index in [4.69, 9.17) is 4.74 Å². The van der Waals surface area contributed by atoms with E-state index in [1.807, 2.05) is 55.6 Å². The van der Waals surface area contributed by atoms with E-state index < -0.39 is 0 Å². The summed E-state index contributed by atoms with van der Waals surface area (Å²) >= 11 is 1.61. The molecule has 0 radical (unpaired) electrons. The van der Waals surface area contributed by atoms with Crippen molar-refractivity contribution in [2.75, 3.05) is 11.9 Å². The Kier molecular flexibility index (Phi) is 4.94. The predicted octanol–water partition coefficient (Wildman–Crippen LogP) is 4.49. The van der Waals surface area contributed by atoms with Crippen LogP contribution in [0.1, 0.15) is 23.0 Å². The van der Waals surface area contributed by atoms with E-state index in [1.54, 1.807) is 17.4 Å². The van der Waals surface area contributed by atoms with Gasteiger partial charge in [-0.3, -0.25) is 15.0 Å². The first-order valence-corrected chi connectivity index (χ1v) is 9.72. The van der Waals surface area contributed by atoms with Crippen molar-refractivity contribution in [3.8, 4) is 27.6 Å². The Morgan fingerprint density at radius 2 is 2.00 bits per heavy atom. The van der Waals surface area contributed by atoms with Crippen LogP contribution < -0.4 is 10.1 Å². The molecule has 28 heavy (non-hydrogen) atoms. The molecule has 7 nitrogen and oxygen atoms in total. The van der Waals surface area contributed by atoms with Gasteiger partial charge in [-0.1, -0.05) is 6.07 Å². The number of carbonyl (C=O) groups is 1. The maximum absolute atomic E-state index is 12.6. The number of carbonyl (C=O) groups excluding carboxylic acids is 1. The fourth-order valence-corrected chi connectivity index (χ4v) is 3.61. The standard InChI is InChI=1S/C20H19N5O2S/c1-3-27-14-8-6-13(7-9-14)15-11-16(23-22-15)20(26)21-19-12(2)18(24-25-19)17-5-4-10-28-17/h4-11H,3H2,1-2H3,(H,22,23)(H2,21,24,25,26). The van der Waals surface area contributed by atoms with Crippen LogP contribution in [0, 0.1) is 6.92 Å². The molecule has 0 saturated carbocycles. The summed E-state index contributed by atoms with van der Waals surface area (Å²) in [7, 11) is 0. The summed E-state index contributed by atoms with van der Waals surface area (Å²) in [5.74, 6) is 1.01. The molecule has 8 heteroatoms. The molecule has 0 unspecified atom stereocenters. The van der Waals surface area contributed by atoms with E-state index in [-0.39, 0.29) is 5.91 Å². The largest absolute Gasteiger partial charge is 0.494 e. The summed E-state index contributed by atoms with van der Waals surface area (Å²) in [6, 6.07) is 13.3. The van der Waals surface area contributed by atoms with Crippen LogP contribution >= 0.6 is 11.3 Å². The van der Waals surface area contributed by atoms with E-state index >= 15 is 0 Å². The molecule has 4 rings (SSSR count). The fraction of sp³-hybridized carbons (Fsp3) is 0.150. The summed E-state index contributed by atoms with van der Waals surface area (Å²) in [6.07, 6.45) is 0. The van der Waals surface area contributed by atoms with E-state index in [0.717, 1.165) is 27.4 Å². The smallest absolute Gasteiger partial charge is 0.274 e. The third kappa shape index (κ3) is 3.54. The number of H-pyrrole nitrogens is 2. The number of nitrogens with one attached hydrogen (secondary N) is 3. The lowest BCUT2D eigenvalue weighted by Crippen LogP contribution is -2.13. The van der Waals surface area contributed by atoms with Crippen LogP contribution in [0.15, 0.2) is 47.8 Å². The van der Waals surface area contributed by atoms with Gasteiger partial charge in [-0.15, -0.1) is 11.3 Å². The van der Waals surface area contributed by atoms with Crippen molar-refractivity contribution in [3.63, 3.8) is 0 Å². The lowest BCUT2D eigenvalue weighted by Gasteiger charge is -2.03. The number of nitrogens with zero attached hydrogens (tertiary/aromatic N) is 2. The highest BCUT2D eigenvalue weighted by atomic mass is 32.1. The zero-order valence-corrected chi connectivity index (χ0v) is 16.3. The summed E-state index contributed by atoms with van der Waals surface area (Å²) in [5.41, 5.74) is 3.75. The number of aromatic amines is 2. The van der Waals surface area contributed by atoms with E-state index in [1.165, 1.54) is 0 Å².